The summed E-state index contributed by atoms with van der Waals surface area (Å²) in [6, 6.07) is 0. The van der Waals surface area contributed by atoms with E-state index in [0.717, 1.165) is 32.1 Å². The molecule has 0 bridgehead atoms. The van der Waals surface area contributed by atoms with E-state index in [-0.39, 0.29) is 23.6 Å². The Morgan fingerprint density at radius 1 is 1.28 bits per heavy atom. The minimum atomic E-state index is -0.704. The van der Waals surface area contributed by atoms with Crippen LogP contribution in [0.3, 0.4) is 0 Å². The molecule has 0 aromatic rings. The number of ether oxygens (including phenoxy) is 1. The standard InChI is InChI=1S/C14H22O4/c1-18-14(17)11-8-10-9(13(11)16)6-4-2-3-5-7-12(10)15/h9-11,13,16H,2-8H2,1H3/t9-,10+,11+,13-/m0/s1. The zero-order valence-electron chi connectivity index (χ0n) is 10.9. The Balaban J connectivity index is 2.14. The Kier molecular flexibility index (Phi) is 4.38. The molecule has 0 aliphatic heterocycles. The number of aliphatic hydroxyl groups excluding tert-OH is 1. The number of hydrogen-bond acceptors (Lipinski definition) is 4. The molecule has 0 saturated heterocycles. The van der Waals surface area contributed by atoms with Crippen molar-refractivity contribution < 1.29 is 19.4 Å². The van der Waals surface area contributed by atoms with E-state index in [2.05, 4.69) is 0 Å². The zero-order valence-corrected chi connectivity index (χ0v) is 10.9. The summed E-state index contributed by atoms with van der Waals surface area (Å²) in [4.78, 5) is 23.8. The van der Waals surface area contributed by atoms with E-state index < -0.39 is 12.0 Å². The molecule has 2 aliphatic rings. The van der Waals surface area contributed by atoms with Gasteiger partial charge in [-0.15, -0.1) is 0 Å². The van der Waals surface area contributed by atoms with E-state index in [4.69, 9.17) is 4.74 Å². The largest absolute Gasteiger partial charge is 0.469 e. The first-order valence-corrected chi connectivity index (χ1v) is 6.93. The highest BCUT2D eigenvalue weighted by molar-refractivity contribution is 5.83. The predicted molar refractivity (Wildman–Crippen MR) is 65.8 cm³/mol. The van der Waals surface area contributed by atoms with Gasteiger partial charge in [0, 0.05) is 12.3 Å². The van der Waals surface area contributed by atoms with Gasteiger partial charge in [0.15, 0.2) is 0 Å². The summed E-state index contributed by atoms with van der Waals surface area (Å²) in [6.07, 6.45) is 5.42. The highest BCUT2D eigenvalue weighted by atomic mass is 16.5. The van der Waals surface area contributed by atoms with Crippen molar-refractivity contribution in [1.82, 2.24) is 0 Å². The Hall–Kier alpha value is -0.900. The molecular weight excluding hydrogens is 232 g/mol. The van der Waals surface area contributed by atoms with E-state index >= 15 is 0 Å². The highest BCUT2D eigenvalue weighted by Crippen LogP contribution is 2.42. The molecule has 0 spiro atoms. The molecule has 2 saturated carbocycles. The molecule has 4 nitrogen and oxygen atoms in total. The van der Waals surface area contributed by atoms with Crippen LogP contribution in [-0.4, -0.2) is 30.1 Å². The molecule has 2 aliphatic carbocycles. The van der Waals surface area contributed by atoms with Crippen LogP contribution in [0.2, 0.25) is 0 Å². The van der Waals surface area contributed by atoms with Crippen LogP contribution < -0.4 is 0 Å². The van der Waals surface area contributed by atoms with Crippen molar-refractivity contribution in [3.63, 3.8) is 0 Å². The maximum Gasteiger partial charge on any atom is 0.311 e. The maximum atomic E-state index is 12.1. The Morgan fingerprint density at radius 3 is 2.72 bits per heavy atom. The third kappa shape index (κ3) is 2.58. The lowest BCUT2D eigenvalue weighted by atomic mass is 9.86. The van der Waals surface area contributed by atoms with E-state index in [1.807, 2.05) is 0 Å². The summed E-state index contributed by atoms with van der Waals surface area (Å²) in [7, 11) is 1.34. The summed E-state index contributed by atoms with van der Waals surface area (Å²) in [5, 5.41) is 10.3. The van der Waals surface area contributed by atoms with Gasteiger partial charge in [-0.3, -0.25) is 9.59 Å². The minimum Gasteiger partial charge on any atom is -0.469 e. The predicted octanol–water partition coefficient (Wildman–Crippen LogP) is 1.70. The quantitative estimate of drug-likeness (QED) is 0.723. The summed E-state index contributed by atoms with van der Waals surface area (Å²) >= 11 is 0. The molecule has 2 fully saturated rings. The summed E-state index contributed by atoms with van der Waals surface area (Å²) < 4.78 is 4.72. The number of rotatable bonds is 1. The molecule has 0 heterocycles. The van der Waals surface area contributed by atoms with E-state index in [1.165, 1.54) is 7.11 Å². The molecule has 0 aromatic heterocycles. The fourth-order valence-corrected chi connectivity index (χ4v) is 3.47. The van der Waals surface area contributed by atoms with Crippen LogP contribution in [0.1, 0.15) is 44.9 Å². The fourth-order valence-electron chi connectivity index (χ4n) is 3.47. The first kappa shape index (κ1) is 13.5. The molecular formula is C14H22O4. The maximum absolute atomic E-state index is 12.1. The summed E-state index contributed by atoms with van der Waals surface area (Å²) in [6.45, 7) is 0. The van der Waals surface area contributed by atoms with Gasteiger partial charge in [-0.05, 0) is 25.2 Å². The van der Waals surface area contributed by atoms with Crippen molar-refractivity contribution >= 4 is 11.8 Å². The SMILES string of the molecule is COC(=O)[C@@H]1C[C@H]2C(=O)CCCCCC[C@@H]2[C@@H]1O. The van der Waals surface area contributed by atoms with Crippen molar-refractivity contribution in [2.75, 3.05) is 7.11 Å². The van der Waals surface area contributed by atoms with Gasteiger partial charge in [0.05, 0.1) is 19.1 Å². The van der Waals surface area contributed by atoms with Crippen LogP contribution in [0, 0.1) is 17.8 Å². The Bertz CT molecular complexity index is 326. The van der Waals surface area contributed by atoms with Crippen molar-refractivity contribution in [3.05, 3.63) is 0 Å². The second-order valence-electron chi connectivity index (χ2n) is 5.55. The van der Waals surface area contributed by atoms with Gasteiger partial charge in [0.2, 0.25) is 0 Å². The number of fused-ring (bicyclic) bond motifs is 1. The number of methoxy groups -OCH3 is 1. The average Bonchev–Trinajstić information content (AvgIpc) is 2.72. The highest BCUT2D eigenvalue weighted by Gasteiger charge is 2.48. The Labute approximate surface area is 108 Å². The van der Waals surface area contributed by atoms with Crippen LogP contribution in [0.4, 0.5) is 0 Å². The van der Waals surface area contributed by atoms with Gasteiger partial charge >= 0.3 is 5.97 Å². The summed E-state index contributed by atoms with van der Waals surface area (Å²) in [5.74, 6) is -0.831. The molecule has 0 aromatic carbocycles. The van der Waals surface area contributed by atoms with E-state index in [0.29, 0.717) is 12.8 Å². The normalized spacial score (nSPS) is 37.3. The smallest absolute Gasteiger partial charge is 0.311 e. The monoisotopic (exact) mass is 254 g/mol. The molecule has 2 rings (SSSR count). The first-order chi connectivity index (χ1) is 8.65. The molecule has 0 amide bonds. The zero-order chi connectivity index (χ0) is 13.1. The van der Waals surface area contributed by atoms with Gasteiger partial charge in [-0.1, -0.05) is 19.3 Å². The van der Waals surface area contributed by atoms with Gasteiger partial charge < -0.3 is 9.84 Å². The van der Waals surface area contributed by atoms with Crippen molar-refractivity contribution in [1.29, 1.82) is 0 Å². The molecule has 4 atom stereocenters. The van der Waals surface area contributed by atoms with Crippen molar-refractivity contribution in [2.45, 2.75) is 51.0 Å². The number of ketones is 1. The average molecular weight is 254 g/mol. The lowest BCUT2D eigenvalue weighted by Crippen LogP contribution is -2.29. The Morgan fingerprint density at radius 2 is 2.00 bits per heavy atom. The summed E-state index contributed by atoms with van der Waals surface area (Å²) in [5.41, 5.74) is 0. The number of esters is 1. The molecule has 1 N–H and O–H groups in total. The number of carbonyl (C=O) groups excluding carboxylic acids is 2. The molecule has 4 heteroatoms. The molecule has 0 unspecified atom stereocenters. The van der Waals surface area contributed by atoms with Gasteiger partial charge in [-0.25, -0.2) is 0 Å². The second-order valence-corrected chi connectivity index (χ2v) is 5.55. The van der Waals surface area contributed by atoms with E-state index in [1.54, 1.807) is 0 Å². The molecule has 18 heavy (non-hydrogen) atoms. The number of Topliss-reactive ketones (excluding diaryl/α,β-unsaturated/α-hetero) is 1. The van der Waals surface area contributed by atoms with Crippen LogP contribution in [-0.2, 0) is 14.3 Å². The lowest BCUT2D eigenvalue weighted by molar-refractivity contribution is -0.148. The molecule has 102 valence electrons. The fraction of sp³-hybridized carbons (Fsp3) is 0.857. The van der Waals surface area contributed by atoms with Gasteiger partial charge in [0.25, 0.3) is 0 Å². The van der Waals surface area contributed by atoms with Gasteiger partial charge in [-0.2, -0.15) is 0 Å². The lowest BCUT2D eigenvalue weighted by Gasteiger charge is -2.20. The third-order valence-corrected chi connectivity index (χ3v) is 4.50. The first-order valence-electron chi connectivity index (χ1n) is 6.93. The van der Waals surface area contributed by atoms with Crippen LogP contribution in [0.5, 0.6) is 0 Å². The topological polar surface area (TPSA) is 63.6 Å². The van der Waals surface area contributed by atoms with Crippen molar-refractivity contribution in [3.8, 4) is 0 Å². The third-order valence-electron chi connectivity index (χ3n) is 4.50. The van der Waals surface area contributed by atoms with Crippen LogP contribution in [0.25, 0.3) is 0 Å². The van der Waals surface area contributed by atoms with Crippen LogP contribution >= 0.6 is 0 Å². The number of aliphatic hydroxyl groups is 1. The number of hydrogen-bond donors (Lipinski definition) is 1. The number of carbonyl (C=O) groups is 2. The van der Waals surface area contributed by atoms with E-state index in [9.17, 15) is 14.7 Å². The molecule has 0 radical (unpaired) electrons. The second kappa shape index (κ2) is 5.83. The van der Waals surface area contributed by atoms with Crippen molar-refractivity contribution in [2.24, 2.45) is 17.8 Å². The van der Waals surface area contributed by atoms with Gasteiger partial charge in [0.1, 0.15) is 5.78 Å². The minimum absolute atomic E-state index is 0.0419. The van der Waals surface area contributed by atoms with Crippen LogP contribution in [0.15, 0.2) is 0 Å².